The fraction of sp³-hybridized carbons (Fsp3) is 0.353. The topological polar surface area (TPSA) is 66.9 Å². The zero-order chi connectivity index (χ0) is 16.8. The third-order valence-electron chi connectivity index (χ3n) is 3.12. The zero-order valence-electron chi connectivity index (χ0n) is 13.6. The van der Waals surface area contributed by atoms with E-state index in [-0.39, 0.29) is 5.91 Å². The van der Waals surface area contributed by atoms with Crippen LogP contribution >= 0.6 is 11.6 Å². The SMILES string of the molecule is Cc1cc(C(=O)NCC(C)C)nc(NCc2ccc(Cl)cc2)n1. The summed E-state index contributed by atoms with van der Waals surface area (Å²) in [6, 6.07) is 9.22. The van der Waals surface area contributed by atoms with Crippen LogP contribution in [-0.4, -0.2) is 22.4 Å². The normalized spacial score (nSPS) is 10.7. The largest absolute Gasteiger partial charge is 0.350 e. The molecule has 0 fully saturated rings. The number of hydrogen-bond donors (Lipinski definition) is 2. The van der Waals surface area contributed by atoms with Gasteiger partial charge in [-0.3, -0.25) is 4.79 Å². The van der Waals surface area contributed by atoms with E-state index in [4.69, 9.17) is 11.6 Å². The Balaban J connectivity index is 2.04. The van der Waals surface area contributed by atoms with Crippen molar-refractivity contribution in [3.05, 3.63) is 52.3 Å². The maximum Gasteiger partial charge on any atom is 0.270 e. The second kappa shape index (κ2) is 7.92. The van der Waals surface area contributed by atoms with E-state index in [1.807, 2.05) is 45.0 Å². The van der Waals surface area contributed by atoms with Crippen LogP contribution in [0.15, 0.2) is 30.3 Å². The molecule has 0 atom stereocenters. The number of aryl methyl sites for hydroxylation is 1. The molecule has 5 nitrogen and oxygen atoms in total. The number of carbonyl (C=O) groups excluding carboxylic acids is 1. The van der Waals surface area contributed by atoms with Crippen molar-refractivity contribution < 1.29 is 4.79 Å². The summed E-state index contributed by atoms with van der Waals surface area (Å²) in [5.74, 6) is 0.651. The molecule has 2 rings (SSSR count). The molecule has 2 aromatic rings. The Kier molecular flexibility index (Phi) is 5.93. The summed E-state index contributed by atoms with van der Waals surface area (Å²) in [7, 11) is 0. The Morgan fingerprint density at radius 3 is 2.57 bits per heavy atom. The van der Waals surface area contributed by atoms with E-state index in [1.54, 1.807) is 6.07 Å². The van der Waals surface area contributed by atoms with Gasteiger partial charge >= 0.3 is 0 Å². The number of carbonyl (C=O) groups is 1. The molecule has 2 N–H and O–H groups in total. The van der Waals surface area contributed by atoms with Gasteiger partial charge in [0.2, 0.25) is 5.95 Å². The number of aromatic nitrogens is 2. The Morgan fingerprint density at radius 2 is 1.91 bits per heavy atom. The molecule has 0 aliphatic rings. The molecule has 0 unspecified atom stereocenters. The van der Waals surface area contributed by atoms with E-state index in [0.717, 1.165) is 11.3 Å². The van der Waals surface area contributed by atoms with E-state index in [2.05, 4.69) is 20.6 Å². The minimum atomic E-state index is -0.182. The van der Waals surface area contributed by atoms with Crippen molar-refractivity contribution in [3.8, 4) is 0 Å². The van der Waals surface area contributed by atoms with Crippen molar-refractivity contribution in [1.29, 1.82) is 0 Å². The number of amides is 1. The molecule has 0 spiro atoms. The van der Waals surface area contributed by atoms with Crippen molar-refractivity contribution in [2.24, 2.45) is 5.92 Å². The molecule has 0 saturated carbocycles. The van der Waals surface area contributed by atoms with Gasteiger partial charge in [0.15, 0.2) is 0 Å². The average molecular weight is 333 g/mol. The average Bonchev–Trinajstić information content (AvgIpc) is 2.51. The lowest BCUT2D eigenvalue weighted by molar-refractivity contribution is 0.0944. The first-order valence-corrected chi connectivity index (χ1v) is 7.94. The number of nitrogens with zero attached hydrogens (tertiary/aromatic N) is 2. The van der Waals surface area contributed by atoms with E-state index < -0.39 is 0 Å². The number of benzene rings is 1. The second-order valence-corrected chi connectivity index (χ2v) is 6.24. The van der Waals surface area contributed by atoms with Crippen LogP contribution in [0.3, 0.4) is 0 Å². The van der Waals surface area contributed by atoms with E-state index in [1.165, 1.54) is 0 Å². The Hall–Kier alpha value is -2.14. The molecule has 6 heteroatoms. The summed E-state index contributed by atoms with van der Waals surface area (Å²) in [6.45, 7) is 7.12. The molecule has 122 valence electrons. The molecule has 0 aliphatic heterocycles. The Morgan fingerprint density at radius 1 is 1.22 bits per heavy atom. The van der Waals surface area contributed by atoms with Crippen LogP contribution in [0.25, 0.3) is 0 Å². The minimum Gasteiger partial charge on any atom is -0.350 e. The van der Waals surface area contributed by atoms with Crippen LogP contribution in [0, 0.1) is 12.8 Å². The minimum absolute atomic E-state index is 0.182. The predicted octanol–water partition coefficient (Wildman–Crippen LogP) is 3.44. The van der Waals surface area contributed by atoms with Gasteiger partial charge in [-0.1, -0.05) is 37.6 Å². The molecule has 0 aliphatic carbocycles. The first kappa shape index (κ1) is 17.2. The van der Waals surface area contributed by atoms with Crippen LogP contribution in [0.2, 0.25) is 5.02 Å². The van der Waals surface area contributed by atoms with Crippen molar-refractivity contribution >= 4 is 23.5 Å². The van der Waals surface area contributed by atoms with Crippen molar-refractivity contribution in [2.45, 2.75) is 27.3 Å². The number of hydrogen-bond acceptors (Lipinski definition) is 4. The van der Waals surface area contributed by atoms with Gasteiger partial charge in [-0.25, -0.2) is 9.97 Å². The monoisotopic (exact) mass is 332 g/mol. The summed E-state index contributed by atoms with van der Waals surface area (Å²) in [5.41, 5.74) is 2.18. The van der Waals surface area contributed by atoms with Gasteiger partial charge in [0, 0.05) is 23.8 Å². The van der Waals surface area contributed by atoms with Gasteiger partial charge in [0.25, 0.3) is 5.91 Å². The number of anilines is 1. The standard InChI is InChI=1S/C17H21ClN4O/c1-11(2)9-19-16(23)15-8-12(3)21-17(22-15)20-10-13-4-6-14(18)7-5-13/h4-8,11H,9-10H2,1-3H3,(H,19,23)(H,20,21,22). The molecule has 0 saturated heterocycles. The van der Waals surface area contributed by atoms with Gasteiger partial charge in [0.05, 0.1) is 0 Å². The van der Waals surface area contributed by atoms with Crippen LogP contribution in [0.1, 0.15) is 35.6 Å². The van der Waals surface area contributed by atoms with Gasteiger partial charge in [-0.05, 0) is 36.6 Å². The van der Waals surface area contributed by atoms with Crippen molar-refractivity contribution in [3.63, 3.8) is 0 Å². The molecule has 0 radical (unpaired) electrons. The van der Waals surface area contributed by atoms with Gasteiger partial charge < -0.3 is 10.6 Å². The van der Waals surface area contributed by atoms with Crippen molar-refractivity contribution in [2.75, 3.05) is 11.9 Å². The van der Waals surface area contributed by atoms with E-state index in [0.29, 0.717) is 35.7 Å². The maximum atomic E-state index is 12.1. The first-order chi connectivity index (χ1) is 10.9. The molecule has 23 heavy (non-hydrogen) atoms. The quantitative estimate of drug-likeness (QED) is 0.850. The smallest absolute Gasteiger partial charge is 0.270 e. The van der Waals surface area contributed by atoms with Crippen LogP contribution in [0.5, 0.6) is 0 Å². The molecule has 0 bridgehead atoms. The predicted molar refractivity (Wildman–Crippen MR) is 92.7 cm³/mol. The molecular formula is C17H21ClN4O. The Labute approximate surface area is 141 Å². The summed E-state index contributed by atoms with van der Waals surface area (Å²) >= 11 is 5.87. The fourth-order valence-electron chi connectivity index (χ4n) is 1.93. The van der Waals surface area contributed by atoms with Crippen LogP contribution < -0.4 is 10.6 Å². The summed E-state index contributed by atoms with van der Waals surface area (Å²) < 4.78 is 0. The first-order valence-electron chi connectivity index (χ1n) is 7.56. The number of nitrogens with one attached hydrogen (secondary N) is 2. The van der Waals surface area contributed by atoms with Gasteiger partial charge in [0.1, 0.15) is 5.69 Å². The third-order valence-corrected chi connectivity index (χ3v) is 3.37. The van der Waals surface area contributed by atoms with Gasteiger partial charge in [-0.15, -0.1) is 0 Å². The molecule has 1 aromatic carbocycles. The second-order valence-electron chi connectivity index (χ2n) is 5.80. The molecule has 1 aromatic heterocycles. The van der Waals surface area contributed by atoms with E-state index >= 15 is 0 Å². The van der Waals surface area contributed by atoms with E-state index in [9.17, 15) is 4.79 Å². The van der Waals surface area contributed by atoms with Crippen LogP contribution in [0.4, 0.5) is 5.95 Å². The highest BCUT2D eigenvalue weighted by molar-refractivity contribution is 6.30. The highest BCUT2D eigenvalue weighted by atomic mass is 35.5. The third kappa shape index (κ3) is 5.53. The summed E-state index contributed by atoms with van der Waals surface area (Å²) in [6.07, 6.45) is 0. The lowest BCUT2D eigenvalue weighted by atomic mass is 10.2. The van der Waals surface area contributed by atoms with Crippen molar-refractivity contribution in [1.82, 2.24) is 15.3 Å². The number of halogens is 1. The summed E-state index contributed by atoms with van der Waals surface area (Å²) in [5, 5.41) is 6.70. The fourth-order valence-corrected chi connectivity index (χ4v) is 2.06. The number of rotatable bonds is 6. The molecule has 1 heterocycles. The zero-order valence-corrected chi connectivity index (χ0v) is 14.3. The summed E-state index contributed by atoms with van der Waals surface area (Å²) in [4.78, 5) is 20.7. The maximum absolute atomic E-state index is 12.1. The lowest BCUT2D eigenvalue weighted by Gasteiger charge is -2.10. The lowest BCUT2D eigenvalue weighted by Crippen LogP contribution is -2.28. The van der Waals surface area contributed by atoms with Gasteiger partial charge in [-0.2, -0.15) is 0 Å². The highest BCUT2D eigenvalue weighted by Gasteiger charge is 2.10. The molecular weight excluding hydrogens is 312 g/mol. The Bertz CT molecular complexity index is 671. The van der Waals surface area contributed by atoms with Crippen LogP contribution in [-0.2, 0) is 6.54 Å². The molecule has 1 amide bonds. The highest BCUT2D eigenvalue weighted by Crippen LogP contribution is 2.11.